The number of hydrogen-bond acceptors (Lipinski definition) is 2. The number of benzene rings is 1. The van der Waals surface area contributed by atoms with Gasteiger partial charge in [-0.25, -0.2) is 0 Å². The van der Waals surface area contributed by atoms with Gasteiger partial charge in [0.05, 0.1) is 0 Å². The Bertz CT molecular complexity index is 690. The van der Waals surface area contributed by atoms with E-state index in [1.165, 1.54) is 16.5 Å². The van der Waals surface area contributed by atoms with Gasteiger partial charge < -0.3 is 15.6 Å². The highest BCUT2D eigenvalue weighted by molar-refractivity contribution is 5.91. The van der Waals surface area contributed by atoms with E-state index in [4.69, 9.17) is 0 Å². The number of aromatic amines is 1. The molecular formula is C16H19N3O2. The molecule has 3 rings (SSSR count). The van der Waals surface area contributed by atoms with Crippen LogP contribution < -0.4 is 10.6 Å². The number of fused-ring (bicyclic) bond motifs is 1. The Morgan fingerprint density at radius 3 is 3.05 bits per heavy atom. The average molecular weight is 285 g/mol. The fourth-order valence-corrected chi connectivity index (χ4v) is 2.90. The molecule has 1 aromatic carbocycles. The van der Waals surface area contributed by atoms with Crippen LogP contribution in [0.15, 0.2) is 24.4 Å². The molecule has 2 aromatic rings. The fourth-order valence-electron chi connectivity index (χ4n) is 2.90. The molecule has 1 atom stereocenters. The molecule has 0 bridgehead atoms. The van der Waals surface area contributed by atoms with Gasteiger partial charge >= 0.3 is 0 Å². The van der Waals surface area contributed by atoms with Crippen LogP contribution in [-0.2, 0) is 16.0 Å². The van der Waals surface area contributed by atoms with Gasteiger partial charge in [-0.1, -0.05) is 12.1 Å². The van der Waals surface area contributed by atoms with Gasteiger partial charge in [-0.3, -0.25) is 9.59 Å². The molecule has 0 saturated carbocycles. The topological polar surface area (TPSA) is 74.0 Å². The van der Waals surface area contributed by atoms with Gasteiger partial charge in [-0.05, 0) is 37.0 Å². The van der Waals surface area contributed by atoms with Crippen molar-refractivity contribution >= 4 is 22.7 Å². The first-order valence-corrected chi connectivity index (χ1v) is 7.28. The third kappa shape index (κ3) is 2.77. The predicted molar refractivity (Wildman–Crippen MR) is 80.9 cm³/mol. The van der Waals surface area contributed by atoms with Crippen LogP contribution in [0.3, 0.4) is 0 Å². The van der Waals surface area contributed by atoms with Gasteiger partial charge in [-0.15, -0.1) is 0 Å². The van der Waals surface area contributed by atoms with Crippen molar-refractivity contribution in [2.45, 2.75) is 32.2 Å². The Balaban J connectivity index is 1.60. The maximum Gasteiger partial charge on any atom is 0.242 e. The lowest BCUT2D eigenvalue weighted by Gasteiger charge is -2.10. The highest BCUT2D eigenvalue weighted by atomic mass is 16.2. The normalized spacial score (nSPS) is 18.0. The van der Waals surface area contributed by atoms with Crippen molar-refractivity contribution in [2.24, 2.45) is 0 Å². The van der Waals surface area contributed by atoms with E-state index in [1.807, 2.05) is 12.3 Å². The molecule has 5 heteroatoms. The second-order valence-electron chi connectivity index (χ2n) is 5.51. The number of amides is 2. The number of aryl methyl sites for hydroxylation is 1. The molecule has 1 unspecified atom stereocenters. The first-order chi connectivity index (χ1) is 10.1. The summed E-state index contributed by atoms with van der Waals surface area (Å²) in [6.45, 7) is 2.67. The van der Waals surface area contributed by atoms with Crippen molar-refractivity contribution in [3.8, 4) is 0 Å². The Hall–Kier alpha value is -2.30. The number of rotatable bonds is 4. The minimum atomic E-state index is -0.359. The highest BCUT2D eigenvalue weighted by Gasteiger charge is 2.26. The van der Waals surface area contributed by atoms with Gasteiger partial charge in [0.25, 0.3) is 0 Å². The van der Waals surface area contributed by atoms with E-state index in [9.17, 15) is 9.59 Å². The molecular weight excluding hydrogens is 266 g/mol. The van der Waals surface area contributed by atoms with Crippen LogP contribution in [0.25, 0.3) is 10.9 Å². The summed E-state index contributed by atoms with van der Waals surface area (Å²) in [5.41, 5.74) is 3.57. The highest BCUT2D eigenvalue weighted by Crippen LogP contribution is 2.22. The minimum Gasteiger partial charge on any atom is -0.361 e. The number of aromatic nitrogens is 1. The second kappa shape index (κ2) is 5.60. The van der Waals surface area contributed by atoms with Gasteiger partial charge in [0.15, 0.2) is 0 Å². The van der Waals surface area contributed by atoms with Gasteiger partial charge in [0.1, 0.15) is 6.04 Å². The summed E-state index contributed by atoms with van der Waals surface area (Å²) in [6, 6.07) is 5.81. The number of carbonyl (C=O) groups is 2. The van der Waals surface area contributed by atoms with Gasteiger partial charge in [0, 0.05) is 30.1 Å². The van der Waals surface area contributed by atoms with E-state index < -0.39 is 0 Å². The number of carbonyl (C=O) groups excluding carboxylic acids is 2. The molecule has 0 spiro atoms. The van der Waals surface area contributed by atoms with Crippen molar-refractivity contribution < 1.29 is 9.59 Å². The van der Waals surface area contributed by atoms with Crippen molar-refractivity contribution in [1.29, 1.82) is 0 Å². The predicted octanol–water partition coefficient (Wildman–Crippen LogP) is 1.41. The summed E-state index contributed by atoms with van der Waals surface area (Å²) in [6.07, 6.45) is 3.81. The maximum atomic E-state index is 11.9. The number of hydrogen-bond donors (Lipinski definition) is 3. The molecule has 110 valence electrons. The summed E-state index contributed by atoms with van der Waals surface area (Å²) < 4.78 is 0. The maximum absolute atomic E-state index is 11.9. The summed E-state index contributed by atoms with van der Waals surface area (Å²) in [4.78, 5) is 26.3. The van der Waals surface area contributed by atoms with E-state index >= 15 is 0 Å². The molecule has 2 amide bonds. The first-order valence-electron chi connectivity index (χ1n) is 7.28. The third-order valence-corrected chi connectivity index (χ3v) is 4.00. The van der Waals surface area contributed by atoms with E-state index in [0.717, 1.165) is 11.9 Å². The van der Waals surface area contributed by atoms with Crippen molar-refractivity contribution in [3.05, 3.63) is 35.5 Å². The quantitative estimate of drug-likeness (QED) is 0.794. The second-order valence-corrected chi connectivity index (χ2v) is 5.51. The zero-order valence-electron chi connectivity index (χ0n) is 12.0. The molecule has 1 aromatic heterocycles. The summed E-state index contributed by atoms with van der Waals surface area (Å²) in [7, 11) is 0. The monoisotopic (exact) mass is 285 g/mol. The standard InChI is InChI=1S/C16H19N3O2/c1-10-3-2-4-12-15(10)11(9-18-12)7-8-17-16(21)13-5-6-14(20)19-13/h2-4,9,13,18H,5-8H2,1H3,(H,17,21)(H,19,20). The van der Waals surface area contributed by atoms with Crippen molar-refractivity contribution in [2.75, 3.05) is 6.54 Å². The van der Waals surface area contributed by atoms with Gasteiger partial charge in [-0.2, -0.15) is 0 Å². The number of H-pyrrole nitrogens is 1. The Labute approximate surface area is 123 Å². The zero-order valence-corrected chi connectivity index (χ0v) is 12.0. The molecule has 3 N–H and O–H groups in total. The SMILES string of the molecule is Cc1cccc2[nH]cc(CCNC(=O)C3CCC(=O)N3)c12. The third-order valence-electron chi connectivity index (χ3n) is 4.00. The lowest BCUT2D eigenvalue weighted by Crippen LogP contribution is -2.42. The first kappa shape index (κ1) is 13.7. The van der Waals surface area contributed by atoms with Crippen LogP contribution in [0.2, 0.25) is 0 Å². The lowest BCUT2D eigenvalue weighted by atomic mass is 10.1. The molecule has 5 nitrogen and oxygen atoms in total. The molecule has 1 aliphatic rings. The van der Waals surface area contributed by atoms with E-state index in [-0.39, 0.29) is 17.9 Å². The van der Waals surface area contributed by atoms with Crippen LogP contribution in [0.1, 0.15) is 24.0 Å². The smallest absolute Gasteiger partial charge is 0.242 e. The Morgan fingerprint density at radius 1 is 1.43 bits per heavy atom. The molecule has 1 fully saturated rings. The van der Waals surface area contributed by atoms with Crippen molar-refractivity contribution in [3.63, 3.8) is 0 Å². The summed E-state index contributed by atoms with van der Waals surface area (Å²) in [5, 5.41) is 6.82. The van der Waals surface area contributed by atoms with Crippen LogP contribution in [0.4, 0.5) is 0 Å². The molecule has 0 aliphatic carbocycles. The van der Waals surface area contributed by atoms with Crippen LogP contribution >= 0.6 is 0 Å². The Kier molecular flexibility index (Phi) is 3.64. The molecule has 21 heavy (non-hydrogen) atoms. The van der Waals surface area contributed by atoms with Gasteiger partial charge in [0.2, 0.25) is 11.8 Å². The number of nitrogens with one attached hydrogen (secondary N) is 3. The minimum absolute atomic E-state index is 0.0394. The molecule has 0 radical (unpaired) electrons. The lowest BCUT2D eigenvalue weighted by molar-refractivity contribution is -0.125. The average Bonchev–Trinajstić information content (AvgIpc) is 3.06. The van der Waals surface area contributed by atoms with Crippen LogP contribution in [0, 0.1) is 6.92 Å². The Morgan fingerprint density at radius 2 is 2.29 bits per heavy atom. The fraction of sp³-hybridized carbons (Fsp3) is 0.375. The largest absolute Gasteiger partial charge is 0.361 e. The molecule has 1 aliphatic heterocycles. The van der Waals surface area contributed by atoms with Crippen LogP contribution in [0.5, 0.6) is 0 Å². The van der Waals surface area contributed by atoms with E-state index in [2.05, 4.69) is 34.7 Å². The van der Waals surface area contributed by atoms with E-state index in [1.54, 1.807) is 0 Å². The summed E-state index contributed by atoms with van der Waals surface area (Å²) in [5.74, 6) is -0.125. The van der Waals surface area contributed by atoms with Crippen molar-refractivity contribution in [1.82, 2.24) is 15.6 Å². The van der Waals surface area contributed by atoms with E-state index in [0.29, 0.717) is 19.4 Å². The summed E-state index contributed by atoms with van der Waals surface area (Å²) >= 11 is 0. The molecule has 2 heterocycles. The van der Waals surface area contributed by atoms with Crippen LogP contribution in [-0.4, -0.2) is 29.4 Å². The molecule has 1 saturated heterocycles. The zero-order chi connectivity index (χ0) is 14.8.